The van der Waals surface area contributed by atoms with Gasteiger partial charge in [-0.3, -0.25) is 5.10 Å². The number of nitrogens with zero attached hydrogens (tertiary/aromatic N) is 4. The Balaban J connectivity index is 2.30. The molecule has 0 aliphatic carbocycles. The second kappa shape index (κ2) is 4.47. The van der Waals surface area contributed by atoms with Gasteiger partial charge in [-0.25, -0.2) is 19.7 Å². The van der Waals surface area contributed by atoms with Crippen molar-refractivity contribution in [3.05, 3.63) is 24.3 Å². The predicted molar refractivity (Wildman–Crippen MR) is 53.4 cm³/mol. The van der Waals surface area contributed by atoms with Crippen LogP contribution in [0.2, 0.25) is 0 Å². The molecular weight excluding hydrogens is 210 g/mol. The Morgan fingerprint density at radius 1 is 1.50 bits per heavy atom. The third kappa shape index (κ3) is 2.02. The van der Waals surface area contributed by atoms with Gasteiger partial charge in [-0.05, 0) is 13.0 Å². The topological polar surface area (TPSA) is 93.6 Å². The van der Waals surface area contributed by atoms with Gasteiger partial charge in [0, 0.05) is 6.20 Å². The molecule has 0 aliphatic rings. The Bertz CT molecular complexity index is 482. The van der Waals surface area contributed by atoms with Gasteiger partial charge >= 0.3 is 5.97 Å². The van der Waals surface area contributed by atoms with Gasteiger partial charge in [-0.15, -0.1) is 0 Å². The van der Waals surface area contributed by atoms with E-state index in [4.69, 9.17) is 4.74 Å². The first-order valence-electron chi connectivity index (χ1n) is 4.67. The van der Waals surface area contributed by atoms with Crippen molar-refractivity contribution in [2.24, 2.45) is 0 Å². The van der Waals surface area contributed by atoms with Crippen molar-refractivity contribution in [3.63, 3.8) is 0 Å². The van der Waals surface area contributed by atoms with Gasteiger partial charge in [-0.2, -0.15) is 5.10 Å². The van der Waals surface area contributed by atoms with Gasteiger partial charge in [0.15, 0.2) is 17.3 Å². The molecule has 0 unspecified atom stereocenters. The lowest BCUT2D eigenvalue weighted by Crippen LogP contribution is -2.08. The van der Waals surface area contributed by atoms with E-state index in [1.165, 1.54) is 18.6 Å². The molecule has 82 valence electrons. The second-order valence-corrected chi connectivity index (χ2v) is 2.82. The molecular formula is C9H9N5O2. The van der Waals surface area contributed by atoms with Crippen LogP contribution in [0.4, 0.5) is 0 Å². The summed E-state index contributed by atoms with van der Waals surface area (Å²) in [6, 6.07) is 1.48. The Morgan fingerprint density at radius 3 is 3.06 bits per heavy atom. The summed E-state index contributed by atoms with van der Waals surface area (Å²) in [6.45, 7) is 2.04. The van der Waals surface area contributed by atoms with Gasteiger partial charge in [-0.1, -0.05) is 0 Å². The van der Waals surface area contributed by atoms with E-state index in [9.17, 15) is 4.79 Å². The number of aromatic nitrogens is 5. The zero-order valence-corrected chi connectivity index (χ0v) is 8.54. The second-order valence-electron chi connectivity index (χ2n) is 2.82. The fourth-order valence-corrected chi connectivity index (χ4v) is 1.10. The number of ether oxygens (including phenoxy) is 1. The minimum atomic E-state index is -0.481. The highest BCUT2D eigenvalue weighted by molar-refractivity contribution is 5.87. The van der Waals surface area contributed by atoms with Crippen LogP contribution in [0.15, 0.2) is 18.6 Å². The van der Waals surface area contributed by atoms with Gasteiger partial charge in [0.25, 0.3) is 0 Å². The van der Waals surface area contributed by atoms with Crippen molar-refractivity contribution in [2.45, 2.75) is 6.92 Å². The molecule has 1 N–H and O–H groups in total. The monoisotopic (exact) mass is 219 g/mol. The third-order valence-corrected chi connectivity index (χ3v) is 1.77. The maximum absolute atomic E-state index is 11.4. The summed E-state index contributed by atoms with van der Waals surface area (Å²) in [5.41, 5.74) is 0.197. The third-order valence-electron chi connectivity index (χ3n) is 1.77. The van der Waals surface area contributed by atoms with Crippen LogP contribution in [0.5, 0.6) is 0 Å². The molecule has 0 spiro atoms. The molecule has 0 aliphatic heterocycles. The van der Waals surface area contributed by atoms with Crippen molar-refractivity contribution in [2.75, 3.05) is 6.61 Å². The number of carbonyl (C=O) groups excluding carboxylic acids is 1. The smallest absolute Gasteiger partial charge is 0.357 e. The number of hydrogen-bond donors (Lipinski definition) is 1. The molecule has 2 aromatic rings. The molecule has 7 heteroatoms. The lowest BCUT2D eigenvalue weighted by atomic mass is 10.4. The fourth-order valence-electron chi connectivity index (χ4n) is 1.10. The molecule has 0 saturated heterocycles. The van der Waals surface area contributed by atoms with Crippen LogP contribution in [-0.2, 0) is 4.74 Å². The van der Waals surface area contributed by atoms with E-state index in [1.807, 2.05) is 0 Å². The van der Waals surface area contributed by atoms with Gasteiger partial charge in [0.05, 0.1) is 6.61 Å². The molecule has 0 amide bonds. The Kier molecular flexibility index (Phi) is 2.86. The largest absolute Gasteiger partial charge is 0.461 e. The summed E-state index contributed by atoms with van der Waals surface area (Å²) in [4.78, 5) is 23.3. The summed E-state index contributed by atoms with van der Waals surface area (Å²) in [7, 11) is 0. The number of H-pyrrole nitrogens is 1. The minimum Gasteiger partial charge on any atom is -0.461 e. The fraction of sp³-hybridized carbons (Fsp3) is 0.222. The van der Waals surface area contributed by atoms with Crippen molar-refractivity contribution < 1.29 is 9.53 Å². The first-order valence-corrected chi connectivity index (χ1v) is 4.67. The molecule has 2 aromatic heterocycles. The molecule has 0 atom stereocenters. The Morgan fingerprint density at radius 2 is 2.38 bits per heavy atom. The zero-order chi connectivity index (χ0) is 11.4. The lowest BCUT2D eigenvalue weighted by Gasteiger charge is -2.01. The lowest BCUT2D eigenvalue weighted by molar-refractivity contribution is 0.0519. The first-order chi connectivity index (χ1) is 7.81. The highest BCUT2D eigenvalue weighted by Crippen LogP contribution is 2.07. The van der Waals surface area contributed by atoms with Crippen molar-refractivity contribution in [1.82, 2.24) is 25.1 Å². The van der Waals surface area contributed by atoms with Crippen LogP contribution < -0.4 is 0 Å². The SMILES string of the molecule is CCOC(=O)c1ccnc(-c2ncn[nH]2)n1. The van der Waals surface area contributed by atoms with Crippen LogP contribution in [0.25, 0.3) is 11.6 Å². The van der Waals surface area contributed by atoms with Gasteiger partial charge in [0.1, 0.15) is 6.33 Å². The van der Waals surface area contributed by atoms with Crippen molar-refractivity contribution in [3.8, 4) is 11.6 Å². The molecule has 0 radical (unpaired) electrons. The summed E-state index contributed by atoms with van der Waals surface area (Å²) >= 11 is 0. The molecule has 0 fully saturated rings. The quantitative estimate of drug-likeness (QED) is 0.752. The molecule has 7 nitrogen and oxygen atoms in total. The van der Waals surface area contributed by atoms with E-state index in [0.29, 0.717) is 18.3 Å². The van der Waals surface area contributed by atoms with E-state index >= 15 is 0 Å². The zero-order valence-electron chi connectivity index (χ0n) is 8.54. The van der Waals surface area contributed by atoms with E-state index in [-0.39, 0.29) is 5.69 Å². The normalized spacial score (nSPS) is 10.1. The summed E-state index contributed by atoms with van der Waals surface area (Å²) in [6.07, 6.45) is 2.81. The highest BCUT2D eigenvalue weighted by Gasteiger charge is 2.11. The van der Waals surface area contributed by atoms with Crippen LogP contribution in [0.1, 0.15) is 17.4 Å². The number of carbonyl (C=O) groups is 1. The first kappa shape index (κ1) is 10.2. The van der Waals surface area contributed by atoms with Crippen molar-refractivity contribution >= 4 is 5.97 Å². The van der Waals surface area contributed by atoms with Crippen molar-refractivity contribution in [1.29, 1.82) is 0 Å². The maximum atomic E-state index is 11.4. The summed E-state index contributed by atoms with van der Waals surface area (Å²) in [5, 5.41) is 6.29. The number of rotatable bonds is 3. The van der Waals surface area contributed by atoms with Crippen LogP contribution >= 0.6 is 0 Å². The minimum absolute atomic E-state index is 0.197. The number of nitrogens with one attached hydrogen (secondary N) is 1. The highest BCUT2D eigenvalue weighted by atomic mass is 16.5. The molecule has 2 heterocycles. The standard InChI is InChI=1S/C9H9N5O2/c1-2-16-9(15)6-3-4-10-7(13-6)8-11-5-12-14-8/h3-5H,2H2,1H3,(H,11,12,14). The van der Waals surface area contributed by atoms with Crippen LogP contribution in [0.3, 0.4) is 0 Å². The Labute approximate surface area is 90.9 Å². The summed E-state index contributed by atoms with van der Waals surface area (Å²) < 4.78 is 4.82. The molecule has 0 bridgehead atoms. The number of hydrogen-bond acceptors (Lipinski definition) is 6. The summed E-state index contributed by atoms with van der Waals surface area (Å²) in [5.74, 6) is 0.236. The van der Waals surface area contributed by atoms with E-state index in [0.717, 1.165) is 0 Å². The van der Waals surface area contributed by atoms with E-state index in [1.54, 1.807) is 6.92 Å². The van der Waals surface area contributed by atoms with Gasteiger partial charge in [0.2, 0.25) is 0 Å². The predicted octanol–water partition coefficient (Wildman–Crippen LogP) is 0.438. The van der Waals surface area contributed by atoms with Gasteiger partial charge < -0.3 is 4.74 Å². The maximum Gasteiger partial charge on any atom is 0.357 e. The number of esters is 1. The molecule has 0 aromatic carbocycles. The molecule has 16 heavy (non-hydrogen) atoms. The van der Waals surface area contributed by atoms with Crippen LogP contribution in [0, 0.1) is 0 Å². The average Bonchev–Trinajstić information content (AvgIpc) is 2.83. The Hall–Kier alpha value is -2.31. The van der Waals surface area contributed by atoms with Crippen LogP contribution in [-0.4, -0.2) is 37.7 Å². The number of aromatic amines is 1. The van der Waals surface area contributed by atoms with E-state index in [2.05, 4.69) is 25.1 Å². The molecule has 2 rings (SSSR count). The molecule has 0 saturated carbocycles. The van der Waals surface area contributed by atoms with E-state index < -0.39 is 5.97 Å². The average molecular weight is 219 g/mol.